The number of rotatable bonds is 5. The molecule has 3 aromatic rings. The molecule has 0 saturated carbocycles. The van der Waals surface area contributed by atoms with Crippen molar-refractivity contribution in [2.45, 2.75) is 13.5 Å². The Morgan fingerprint density at radius 3 is 2.42 bits per heavy atom. The summed E-state index contributed by atoms with van der Waals surface area (Å²) < 4.78 is 15.9. The number of methoxy groups -OCH3 is 2. The minimum Gasteiger partial charge on any atom is -0.493 e. The fourth-order valence-electron chi connectivity index (χ4n) is 3.97. The summed E-state index contributed by atoms with van der Waals surface area (Å²) in [4.78, 5) is 29.0. The zero-order chi connectivity index (χ0) is 22.0. The van der Waals surface area contributed by atoms with Gasteiger partial charge in [-0.15, -0.1) is 0 Å². The van der Waals surface area contributed by atoms with Crippen molar-refractivity contribution in [3.05, 3.63) is 69.6 Å². The molecule has 31 heavy (non-hydrogen) atoms. The zero-order valence-corrected chi connectivity index (χ0v) is 18.0. The van der Waals surface area contributed by atoms with Gasteiger partial charge in [-0.2, -0.15) is 0 Å². The number of fused-ring (bicyclic) bond motifs is 1. The molecule has 1 saturated heterocycles. The van der Waals surface area contributed by atoms with E-state index in [1.165, 1.54) is 0 Å². The van der Waals surface area contributed by atoms with Crippen LogP contribution in [0.15, 0.2) is 51.7 Å². The van der Waals surface area contributed by atoms with Crippen LogP contribution in [0.5, 0.6) is 11.5 Å². The van der Waals surface area contributed by atoms with Crippen LogP contribution >= 0.6 is 0 Å². The molecule has 0 atom stereocenters. The Morgan fingerprint density at radius 1 is 0.968 bits per heavy atom. The Bertz CT molecular complexity index is 1160. The predicted molar refractivity (Wildman–Crippen MR) is 118 cm³/mol. The predicted octanol–water partition coefficient (Wildman–Crippen LogP) is 3.08. The summed E-state index contributed by atoms with van der Waals surface area (Å²) in [6.07, 6.45) is 0. The van der Waals surface area contributed by atoms with E-state index in [9.17, 15) is 9.59 Å². The zero-order valence-electron chi connectivity index (χ0n) is 18.0. The standard InChI is InChI=1S/C24H26N2O5/c1-16-4-6-19-18(14-23(27)31-21(19)12-16)15-25-8-10-26(11-9-25)24(28)17-5-7-20(29-2)22(13-17)30-3/h4-7,12-14H,8-11,15H2,1-3H3. The van der Waals surface area contributed by atoms with E-state index < -0.39 is 0 Å². The number of nitrogens with zero attached hydrogens (tertiary/aromatic N) is 2. The number of benzene rings is 2. The maximum atomic E-state index is 12.9. The molecule has 0 bridgehead atoms. The Labute approximate surface area is 180 Å². The van der Waals surface area contributed by atoms with Crippen LogP contribution in [0.2, 0.25) is 0 Å². The highest BCUT2D eigenvalue weighted by atomic mass is 16.5. The second kappa shape index (κ2) is 8.81. The average Bonchev–Trinajstić information content (AvgIpc) is 2.78. The summed E-state index contributed by atoms with van der Waals surface area (Å²) in [5.41, 5.74) is 2.86. The molecule has 0 unspecified atom stereocenters. The molecule has 4 rings (SSSR count). The van der Waals surface area contributed by atoms with E-state index in [2.05, 4.69) is 4.90 Å². The van der Waals surface area contributed by atoms with Gasteiger partial charge < -0.3 is 18.8 Å². The number of hydrogen-bond donors (Lipinski definition) is 0. The normalized spacial score (nSPS) is 14.6. The van der Waals surface area contributed by atoms with Crippen LogP contribution in [0.3, 0.4) is 0 Å². The molecule has 7 nitrogen and oxygen atoms in total. The van der Waals surface area contributed by atoms with Crippen LogP contribution in [0.1, 0.15) is 21.5 Å². The van der Waals surface area contributed by atoms with Gasteiger partial charge in [0.15, 0.2) is 11.5 Å². The van der Waals surface area contributed by atoms with Crippen molar-refractivity contribution in [3.63, 3.8) is 0 Å². The first-order chi connectivity index (χ1) is 15.0. The Morgan fingerprint density at radius 2 is 1.71 bits per heavy atom. The molecule has 7 heteroatoms. The largest absolute Gasteiger partial charge is 0.493 e. The fourth-order valence-corrected chi connectivity index (χ4v) is 3.97. The van der Waals surface area contributed by atoms with E-state index in [0.717, 1.165) is 29.6 Å². The lowest BCUT2D eigenvalue weighted by Gasteiger charge is -2.35. The summed E-state index contributed by atoms with van der Waals surface area (Å²) in [5.74, 6) is 1.11. The second-order valence-corrected chi connectivity index (χ2v) is 7.73. The smallest absolute Gasteiger partial charge is 0.336 e. The Balaban J connectivity index is 1.44. The average molecular weight is 422 g/mol. The van der Waals surface area contributed by atoms with Crippen molar-refractivity contribution in [2.24, 2.45) is 0 Å². The molecule has 0 N–H and O–H groups in total. The van der Waals surface area contributed by atoms with Crippen molar-refractivity contribution >= 4 is 16.9 Å². The topological polar surface area (TPSA) is 72.2 Å². The summed E-state index contributed by atoms with van der Waals surface area (Å²) in [7, 11) is 3.12. The van der Waals surface area contributed by atoms with Gasteiger partial charge in [0.1, 0.15) is 5.58 Å². The molecule has 0 aliphatic carbocycles. The van der Waals surface area contributed by atoms with Crippen molar-refractivity contribution in [3.8, 4) is 11.5 Å². The van der Waals surface area contributed by atoms with Crippen LogP contribution in [0.4, 0.5) is 0 Å². The number of piperazine rings is 1. The van der Waals surface area contributed by atoms with Gasteiger partial charge in [0.25, 0.3) is 5.91 Å². The minimum absolute atomic E-state index is 0.0260. The molecule has 1 amide bonds. The highest BCUT2D eigenvalue weighted by Crippen LogP contribution is 2.28. The first-order valence-corrected chi connectivity index (χ1v) is 10.3. The Hall–Kier alpha value is -3.32. The van der Waals surface area contributed by atoms with Crippen molar-refractivity contribution in [1.29, 1.82) is 0 Å². The highest BCUT2D eigenvalue weighted by Gasteiger charge is 2.23. The van der Waals surface area contributed by atoms with Crippen molar-refractivity contribution < 1.29 is 18.7 Å². The minimum atomic E-state index is -0.338. The molecule has 1 fully saturated rings. The van der Waals surface area contributed by atoms with E-state index in [-0.39, 0.29) is 11.5 Å². The third kappa shape index (κ3) is 4.41. The van der Waals surface area contributed by atoms with E-state index in [1.54, 1.807) is 38.5 Å². The maximum absolute atomic E-state index is 12.9. The van der Waals surface area contributed by atoms with Crippen molar-refractivity contribution in [1.82, 2.24) is 9.80 Å². The number of carbonyl (C=O) groups is 1. The van der Waals surface area contributed by atoms with Crippen LogP contribution in [-0.2, 0) is 6.54 Å². The molecule has 0 spiro atoms. The quantitative estimate of drug-likeness (QED) is 0.589. The molecular formula is C24H26N2O5. The van der Waals surface area contributed by atoms with Crippen LogP contribution in [-0.4, -0.2) is 56.1 Å². The number of carbonyl (C=O) groups excluding carboxylic acids is 1. The van der Waals surface area contributed by atoms with Gasteiger partial charge >= 0.3 is 5.63 Å². The van der Waals surface area contributed by atoms with Gasteiger partial charge in [-0.3, -0.25) is 9.69 Å². The SMILES string of the molecule is COc1ccc(C(=O)N2CCN(Cc3cc(=O)oc4cc(C)ccc34)CC2)cc1OC. The molecule has 2 aromatic carbocycles. The van der Waals surface area contributed by atoms with Crippen LogP contribution < -0.4 is 15.1 Å². The Kier molecular flexibility index (Phi) is 5.95. The van der Waals surface area contributed by atoms with Gasteiger partial charge in [0.2, 0.25) is 0 Å². The lowest BCUT2D eigenvalue weighted by molar-refractivity contribution is 0.0628. The lowest BCUT2D eigenvalue weighted by Crippen LogP contribution is -2.48. The van der Waals surface area contributed by atoms with E-state index in [0.29, 0.717) is 42.3 Å². The van der Waals surface area contributed by atoms with E-state index in [1.807, 2.05) is 30.0 Å². The number of hydrogen-bond acceptors (Lipinski definition) is 6. The van der Waals surface area contributed by atoms with Gasteiger partial charge in [0, 0.05) is 49.7 Å². The number of ether oxygens (including phenoxy) is 2. The van der Waals surface area contributed by atoms with E-state index in [4.69, 9.17) is 13.9 Å². The van der Waals surface area contributed by atoms with E-state index >= 15 is 0 Å². The molecular weight excluding hydrogens is 396 g/mol. The summed E-state index contributed by atoms with van der Waals surface area (Å²) in [6.45, 7) is 5.31. The first kappa shape index (κ1) is 20.9. The van der Waals surface area contributed by atoms with Gasteiger partial charge in [-0.1, -0.05) is 12.1 Å². The third-order valence-electron chi connectivity index (χ3n) is 5.67. The monoisotopic (exact) mass is 422 g/mol. The third-order valence-corrected chi connectivity index (χ3v) is 5.67. The van der Waals surface area contributed by atoms with Crippen molar-refractivity contribution in [2.75, 3.05) is 40.4 Å². The van der Waals surface area contributed by atoms with Crippen LogP contribution in [0, 0.1) is 6.92 Å². The molecule has 0 radical (unpaired) electrons. The molecule has 1 aromatic heterocycles. The molecule has 1 aliphatic rings. The number of aryl methyl sites for hydroxylation is 1. The van der Waals surface area contributed by atoms with Crippen LogP contribution in [0.25, 0.3) is 11.0 Å². The summed E-state index contributed by atoms with van der Waals surface area (Å²) >= 11 is 0. The summed E-state index contributed by atoms with van der Waals surface area (Å²) in [6, 6.07) is 12.7. The summed E-state index contributed by atoms with van der Waals surface area (Å²) in [5, 5.41) is 0.953. The highest BCUT2D eigenvalue weighted by molar-refractivity contribution is 5.95. The van der Waals surface area contributed by atoms with Gasteiger partial charge in [-0.05, 0) is 42.3 Å². The lowest BCUT2D eigenvalue weighted by atomic mass is 10.1. The maximum Gasteiger partial charge on any atom is 0.336 e. The van der Waals surface area contributed by atoms with Gasteiger partial charge in [0.05, 0.1) is 14.2 Å². The van der Waals surface area contributed by atoms with Gasteiger partial charge in [-0.25, -0.2) is 4.79 Å². The molecule has 1 aliphatic heterocycles. The number of amides is 1. The molecule has 2 heterocycles. The molecule has 162 valence electrons. The fraction of sp³-hybridized carbons (Fsp3) is 0.333. The first-order valence-electron chi connectivity index (χ1n) is 10.3. The second-order valence-electron chi connectivity index (χ2n) is 7.73.